The van der Waals surface area contributed by atoms with Gasteiger partial charge in [-0.3, -0.25) is 0 Å². The number of benzene rings is 2. The topological polar surface area (TPSA) is 58.0 Å². The third-order valence-corrected chi connectivity index (χ3v) is 3.41. The van der Waals surface area contributed by atoms with E-state index < -0.39 is 17.5 Å². The van der Waals surface area contributed by atoms with Crippen LogP contribution < -0.4 is 5.32 Å². The van der Waals surface area contributed by atoms with Gasteiger partial charge in [0.25, 0.3) is 0 Å². The van der Waals surface area contributed by atoms with Crippen molar-refractivity contribution in [2.45, 2.75) is 6.42 Å². The number of aromatic nitrogens is 2. The van der Waals surface area contributed by atoms with Gasteiger partial charge in [-0.2, -0.15) is 0 Å². The van der Waals surface area contributed by atoms with Crippen LogP contribution in [-0.2, 0) is 6.42 Å². The van der Waals surface area contributed by atoms with Crippen molar-refractivity contribution in [3.8, 4) is 5.75 Å². The Morgan fingerprint density at radius 3 is 2.52 bits per heavy atom. The molecule has 4 nitrogen and oxygen atoms in total. The van der Waals surface area contributed by atoms with Gasteiger partial charge in [-0.25, -0.2) is 23.1 Å². The summed E-state index contributed by atoms with van der Waals surface area (Å²) in [4.78, 5) is 7.65. The fourth-order valence-electron chi connectivity index (χ4n) is 2.29. The highest BCUT2D eigenvalue weighted by Gasteiger charge is 2.12. The molecule has 3 rings (SSSR count). The fourth-order valence-corrected chi connectivity index (χ4v) is 2.29. The molecule has 0 atom stereocenters. The molecule has 118 valence electrons. The third-order valence-electron chi connectivity index (χ3n) is 3.41. The van der Waals surface area contributed by atoms with E-state index in [1.54, 1.807) is 0 Å². The number of nitrogens with one attached hydrogen (secondary N) is 1. The number of aromatic hydroxyl groups is 1. The Kier molecular flexibility index (Phi) is 4.01. The number of halogens is 3. The highest BCUT2D eigenvalue weighted by Crippen LogP contribution is 2.24. The van der Waals surface area contributed by atoms with Gasteiger partial charge in [-0.15, -0.1) is 0 Å². The van der Waals surface area contributed by atoms with Crippen LogP contribution in [0.1, 0.15) is 5.56 Å². The standard InChI is InChI=1S/C16H12F3N3O/c17-11-3-4-12(18)15-14(11)16(22-8-21-15)20-6-5-9-1-2-10(23)7-13(9)19/h1-4,7-8,23H,5-6H2,(H,20,21,22). The highest BCUT2D eigenvalue weighted by atomic mass is 19.1. The summed E-state index contributed by atoms with van der Waals surface area (Å²) < 4.78 is 41.2. The number of fused-ring (bicyclic) bond motifs is 1. The molecule has 0 aliphatic rings. The largest absolute Gasteiger partial charge is 0.508 e. The minimum absolute atomic E-state index is 0.0429. The van der Waals surface area contributed by atoms with Crippen LogP contribution in [0, 0.1) is 17.5 Å². The molecule has 0 spiro atoms. The summed E-state index contributed by atoms with van der Waals surface area (Å²) in [7, 11) is 0. The van der Waals surface area contributed by atoms with Crippen molar-refractivity contribution >= 4 is 16.7 Å². The Morgan fingerprint density at radius 2 is 1.74 bits per heavy atom. The molecule has 0 radical (unpaired) electrons. The van der Waals surface area contributed by atoms with Crippen molar-refractivity contribution in [3.05, 3.63) is 59.7 Å². The summed E-state index contributed by atoms with van der Waals surface area (Å²) in [5.74, 6) is -1.82. The second-order valence-corrected chi connectivity index (χ2v) is 4.93. The summed E-state index contributed by atoms with van der Waals surface area (Å²) in [6.45, 7) is 0.254. The summed E-state index contributed by atoms with van der Waals surface area (Å²) in [5.41, 5.74) is 0.277. The molecule has 0 unspecified atom stereocenters. The van der Waals surface area contributed by atoms with Gasteiger partial charge in [-0.05, 0) is 30.2 Å². The first-order valence-electron chi connectivity index (χ1n) is 6.86. The van der Waals surface area contributed by atoms with E-state index in [9.17, 15) is 13.2 Å². The predicted octanol–water partition coefficient (Wildman–Crippen LogP) is 3.41. The number of anilines is 1. The Labute approximate surface area is 129 Å². The lowest BCUT2D eigenvalue weighted by molar-refractivity contribution is 0.468. The van der Waals surface area contributed by atoms with Crippen molar-refractivity contribution in [1.29, 1.82) is 0 Å². The van der Waals surface area contributed by atoms with Gasteiger partial charge in [0.15, 0.2) is 0 Å². The van der Waals surface area contributed by atoms with E-state index in [4.69, 9.17) is 5.11 Å². The molecular weight excluding hydrogens is 307 g/mol. The minimum Gasteiger partial charge on any atom is -0.508 e. The average molecular weight is 319 g/mol. The molecule has 0 fully saturated rings. The number of hydrogen-bond donors (Lipinski definition) is 2. The maximum atomic E-state index is 13.9. The molecule has 0 aliphatic carbocycles. The molecule has 2 N–H and O–H groups in total. The van der Waals surface area contributed by atoms with Crippen LogP contribution in [0.25, 0.3) is 10.9 Å². The molecule has 0 amide bonds. The van der Waals surface area contributed by atoms with Crippen LogP contribution >= 0.6 is 0 Å². The van der Waals surface area contributed by atoms with Gasteiger partial charge in [0.2, 0.25) is 0 Å². The number of phenolic OH excluding ortho intramolecular Hbond substituents is 1. The van der Waals surface area contributed by atoms with Crippen LogP contribution in [0.5, 0.6) is 5.75 Å². The van der Waals surface area contributed by atoms with E-state index in [1.165, 1.54) is 12.1 Å². The van der Waals surface area contributed by atoms with Crippen molar-refractivity contribution in [2.75, 3.05) is 11.9 Å². The first-order valence-corrected chi connectivity index (χ1v) is 6.86. The molecule has 1 aromatic heterocycles. The van der Waals surface area contributed by atoms with E-state index in [-0.39, 0.29) is 35.4 Å². The second-order valence-electron chi connectivity index (χ2n) is 4.93. The smallest absolute Gasteiger partial charge is 0.149 e. The van der Waals surface area contributed by atoms with Crippen LogP contribution in [0.3, 0.4) is 0 Å². The van der Waals surface area contributed by atoms with Crippen LogP contribution in [0.15, 0.2) is 36.7 Å². The maximum Gasteiger partial charge on any atom is 0.149 e. The van der Waals surface area contributed by atoms with Gasteiger partial charge in [0.1, 0.15) is 40.9 Å². The molecule has 0 saturated carbocycles. The molecule has 7 heteroatoms. The lowest BCUT2D eigenvalue weighted by atomic mass is 10.1. The van der Waals surface area contributed by atoms with E-state index >= 15 is 0 Å². The second kappa shape index (κ2) is 6.12. The first-order chi connectivity index (χ1) is 11.1. The van der Waals surface area contributed by atoms with Crippen LogP contribution in [0.4, 0.5) is 19.0 Å². The number of hydrogen-bond acceptors (Lipinski definition) is 4. The van der Waals surface area contributed by atoms with E-state index in [2.05, 4.69) is 15.3 Å². The molecule has 3 aromatic rings. The Bertz CT molecular complexity index is 871. The monoisotopic (exact) mass is 319 g/mol. The molecule has 1 heterocycles. The Hall–Kier alpha value is -2.83. The molecule has 0 aliphatic heterocycles. The molecular formula is C16H12F3N3O. The van der Waals surface area contributed by atoms with Crippen LogP contribution in [-0.4, -0.2) is 21.6 Å². The zero-order valence-corrected chi connectivity index (χ0v) is 11.9. The van der Waals surface area contributed by atoms with Gasteiger partial charge in [-0.1, -0.05) is 6.07 Å². The summed E-state index contributed by atoms with van der Waals surface area (Å²) in [6.07, 6.45) is 1.42. The maximum absolute atomic E-state index is 13.9. The van der Waals surface area contributed by atoms with E-state index in [0.29, 0.717) is 5.56 Å². The zero-order valence-electron chi connectivity index (χ0n) is 11.9. The summed E-state index contributed by atoms with van der Waals surface area (Å²) in [6, 6.07) is 5.87. The molecule has 0 saturated heterocycles. The predicted molar refractivity (Wildman–Crippen MR) is 79.7 cm³/mol. The highest BCUT2D eigenvalue weighted by molar-refractivity contribution is 5.89. The quantitative estimate of drug-likeness (QED) is 0.774. The van der Waals surface area contributed by atoms with Crippen LogP contribution in [0.2, 0.25) is 0 Å². The zero-order chi connectivity index (χ0) is 16.4. The van der Waals surface area contributed by atoms with Crippen molar-refractivity contribution in [2.24, 2.45) is 0 Å². The van der Waals surface area contributed by atoms with Crippen molar-refractivity contribution in [3.63, 3.8) is 0 Å². The first kappa shape index (κ1) is 15.1. The SMILES string of the molecule is Oc1ccc(CCNc2ncnc3c(F)ccc(F)c23)c(F)c1. The van der Waals surface area contributed by atoms with Gasteiger partial charge in [0.05, 0.1) is 5.39 Å². The number of nitrogens with zero attached hydrogens (tertiary/aromatic N) is 2. The Balaban J connectivity index is 1.81. The molecule has 2 aromatic carbocycles. The number of phenols is 1. The number of rotatable bonds is 4. The summed E-state index contributed by atoms with van der Waals surface area (Å²) >= 11 is 0. The van der Waals surface area contributed by atoms with Gasteiger partial charge < -0.3 is 10.4 Å². The molecule has 0 bridgehead atoms. The summed E-state index contributed by atoms with van der Waals surface area (Å²) in [5, 5.41) is 12.0. The fraction of sp³-hybridized carbons (Fsp3) is 0.125. The third kappa shape index (κ3) is 3.03. The molecule has 23 heavy (non-hydrogen) atoms. The Morgan fingerprint density at radius 1 is 0.957 bits per heavy atom. The lowest BCUT2D eigenvalue weighted by Crippen LogP contribution is -2.09. The minimum atomic E-state index is -0.642. The van der Waals surface area contributed by atoms with E-state index in [1.807, 2.05) is 0 Å². The lowest BCUT2D eigenvalue weighted by Gasteiger charge is -2.10. The van der Waals surface area contributed by atoms with Gasteiger partial charge in [0, 0.05) is 12.6 Å². The van der Waals surface area contributed by atoms with E-state index in [0.717, 1.165) is 24.5 Å². The average Bonchev–Trinajstić information content (AvgIpc) is 2.53. The van der Waals surface area contributed by atoms with Gasteiger partial charge >= 0.3 is 0 Å². The normalized spacial score (nSPS) is 10.9. The van der Waals surface area contributed by atoms with Crippen molar-refractivity contribution < 1.29 is 18.3 Å². The van der Waals surface area contributed by atoms with Crippen molar-refractivity contribution in [1.82, 2.24) is 9.97 Å².